The smallest absolute Gasteiger partial charge is 0.248 e. The van der Waals surface area contributed by atoms with E-state index in [4.69, 9.17) is 5.84 Å². The van der Waals surface area contributed by atoms with E-state index in [0.717, 1.165) is 36.3 Å². The lowest BCUT2D eigenvalue weighted by molar-refractivity contribution is -0.154. The Morgan fingerprint density at radius 2 is 2.00 bits per heavy atom. The summed E-state index contributed by atoms with van der Waals surface area (Å²) < 4.78 is 0. The molecule has 1 unspecified atom stereocenters. The molecule has 1 aromatic rings. The van der Waals surface area contributed by atoms with Crippen molar-refractivity contribution in [1.82, 2.24) is 15.0 Å². The molecule has 1 heterocycles. The summed E-state index contributed by atoms with van der Waals surface area (Å²) in [4.78, 5) is 31.3. The van der Waals surface area contributed by atoms with E-state index in [0.29, 0.717) is 11.5 Å². The van der Waals surface area contributed by atoms with E-state index in [1.54, 1.807) is 12.4 Å². The zero-order valence-electron chi connectivity index (χ0n) is 13.7. The van der Waals surface area contributed by atoms with Gasteiger partial charge in [-0.3, -0.25) is 14.8 Å². The SMILES string of the molecule is CCCCCC(CN(O)C=O)C(=O)N(N)c1ncc(CC)cn1. The van der Waals surface area contributed by atoms with Crippen LogP contribution in [0.5, 0.6) is 0 Å². The fraction of sp³-hybridized carbons (Fsp3) is 0.600. The van der Waals surface area contributed by atoms with Crippen molar-refractivity contribution < 1.29 is 14.8 Å². The maximum atomic E-state index is 12.5. The standard InChI is InChI=1S/C15H25N5O3/c1-3-5-6-7-13(10-19(23)11-21)14(22)20(16)15-17-8-12(4-2)9-18-15/h8-9,11,13,23H,3-7,10,16H2,1-2H3. The van der Waals surface area contributed by atoms with Crippen LogP contribution in [0.25, 0.3) is 0 Å². The highest BCUT2D eigenvalue weighted by Gasteiger charge is 2.26. The average molecular weight is 323 g/mol. The number of hydroxylamine groups is 2. The predicted molar refractivity (Wildman–Crippen MR) is 85.3 cm³/mol. The number of carbonyl (C=O) groups excluding carboxylic acids is 2. The largest absolute Gasteiger partial charge is 0.286 e. The molecule has 23 heavy (non-hydrogen) atoms. The van der Waals surface area contributed by atoms with Crippen LogP contribution in [-0.4, -0.2) is 39.1 Å². The van der Waals surface area contributed by atoms with Crippen LogP contribution in [0.2, 0.25) is 0 Å². The van der Waals surface area contributed by atoms with Gasteiger partial charge in [-0.15, -0.1) is 0 Å². The van der Waals surface area contributed by atoms with Crippen molar-refractivity contribution in [2.45, 2.75) is 46.0 Å². The van der Waals surface area contributed by atoms with Crippen molar-refractivity contribution in [2.75, 3.05) is 11.6 Å². The molecular weight excluding hydrogens is 298 g/mol. The highest BCUT2D eigenvalue weighted by Crippen LogP contribution is 2.15. The predicted octanol–water partition coefficient (Wildman–Crippen LogP) is 1.29. The minimum atomic E-state index is -0.601. The second-order valence-corrected chi connectivity index (χ2v) is 5.37. The number of unbranched alkanes of at least 4 members (excludes halogenated alkanes) is 2. The number of hydrogen-bond donors (Lipinski definition) is 2. The van der Waals surface area contributed by atoms with Crippen LogP contribution in [0.1, 0.15) is 45.1 Å². The first-order chi connectivity index (χ1) is 11.0. The fourth-order valence-corrected chi connectivity index (χ4v) is 2.15. The molecule has 0 bridgehead atoms. The lowest BCUT2D eigenvalue weighted by Crippen LogP contribution is -2.45. The summed E-state index contributed by atoms with van der Waals surface area (Å²) in [5.41, 5.74) is 0.941. The molecule has 0 aromatic carbocycles. The molecular formula is C15H25N5O3. The minimum absolute atomic E-state index is 0.100. The van der Waals surface area contributed by atoms with Gasteiger partial charge in [0, 0.05) is 12.4 Å². The second kappa shape index (κ2) is 9.86. The zero-order valence-corrected chi connectivity index (χ0v) is 13.7. The summed E-state index contributed by atoms with van der Waals surface area (Å²) in [5.74, 6) is 4.90. The summed E-state index contributed by atoms with van der Waals surface area (Å²) in [6.07, 6.45) is 7.59. The van der Waals surface area contributed by atoms with Crippen LogP contribution in [0.3, 0.4) is 0 Å². The number of anilines is 1. The van der Waals surface area contributed by atoms with Crippen molar-refractivity contribution in [3.05, 3.63) is 18.0 Å². The van der Waals surface area contributed by atoms with E-state index in [-0.39, 0.29) is 18.9 Å². The zero-order chi connectivity index (χ0) is 17.2. The van der Waals surface area contributed by atoms with E-state index in [2.05, 4.69) is 16.9 Å². The molecule has 0 spiro atoms. The van der Waals surface area contributed by atoms with Gasteiger partial charge >= 0.3 is 0 Å². The van der Waals surface area contributed by atoms with E-state index in [1.807, 2.05) is 6.92 Å². The normalized spacial score (nSPS) is 11.8. The molecule has 0 radical (unpaired) electrons. The molecule has 1 aromatic heterocycles. The Morgan fingerprint density at radius 1 is 1.35 bits per heavy atom. The first-order valence-corrected chi connectivity index (χ1v) is 7.83. The topological polar surface area (TPSA) is 113 Å². The molecule has 1 atom stereocenters. The highest BCUT2D eigenvalue weighted by atomic mass is 16.5. The van der Waals surface area contributed by atoms with Crippen LogP contribution in [0, 0.1) is 5.92 Å². The second-order valence-electron chi connectivity index (χ2n) is 5.37. The maximum absolute atomic E-state index is 12.5. The molecule has 0 saturated heterocycles. The number of aromatic nitrogens is 2. The number of nitrogens with two attached hydrogens (primary N) is 1. The van der Waals surface area contributed by atoms with Gasteiger partial charge < -0.3 is 0 Å². The van der Waals surface area contributed by atoms with Crippen LogP contribution >= 0.6 is 0 Å². The van der Waals surface area contributed by atoms with Gasteiger partial charge in [0.1, 0.15) is 0 Å². The van der Waals surface area contributed by atoms with Crippen LogP contribution in [0.15, 0.2) is 12.4 Å². The summed E-state index contributed by atoms with van der Waals surface area (Å²) in [6.45, 7) is 3.93. The highest BCUT2D eigenvalue weighted by molar-refractivity contribution is 5.92. The monoisotopic (exact) mass is 323 g/mol. The number of hydrogen-bond acceptors (Lipinski definition) is 6. The third-order valence-electron chi connectivity index (χ3n) is 3.59. The van der Waals surface area contributed by atoms with Crippen LogP contribution < -0.4 is 10.9 Å². The molecule has 128 valence electrons. The summed E-state index contributed by atoms with van der Waals surface area (Å²) >= 11 is 0. The lowest BCUT2D eigenvalue weighted by atomic mass is 10.00. The van der Waals surface area contributed by atoms with Crippen molar-refractivity contribution >= 4 is 18.3 Å². The van der Waals surface area contributed by atoms with E-state index in [1.165, 1.54) is 0 Å². The van der Waals surface area contributed by atoms with Crippen molar-refractivity contribution in [2.24, 2.45) is 11.8 Å². The van der Waals surface area contributed by atoms with Gasteiger partial charge in [-0.05, 0) is 18.4 Å². The van der Waals surface area contributed by atoms with Crippen molar-refractivity contribution in [3.8, 4) is 0 Å². The Kier molecular flexibility index (Phi) is 8.14. The Balaban J connectivity index is 2.80. The van der Waals surface area contributed by atoms with Gasteiger partial charge in [-0.2, -0.15) is 0 Å². The van der Waals surface area contributed by atoms with Gasteiger partial charge in [-0.25, -0.2) is 25.9 Å². The molecule has 3 N–H and O–H groups in total. The molecule has 0 saturated carbocycles. The van der Waals surface area contributed by atoms with Crippen LogP contribution in [-0.2, 0) is 16.0 Å². The molecule has 0 aliphatic heterocycles. The van der Waals surface area contributed by atoms with Gasteiger partial charge in [0.15, 0.2) is 0 Å². The van der Waals surface area contributed by atoms with Gasteiger partial charge in [0.05, 0.1) is 12.5 Å². The van der Waals surface area contributed by atoms with Crippen molar-refractivity contribution in [3.63, 3.8) is 0 Å². The Morgan fingerprint density at radius 3 is 2.52 bits per heavy atom. The van der Waals surface area contributed by atoms with Gasteiger partial charge in [-0.1, -0.05) is 33.1 Å². The lowest BCUT2D eigenvalue weighted by Gasteiger charge is -2.23. The quantitative estimate of drug-likeness (QED) is 0.167. The summed E-state index contributed by atoms with van der Waals surface area (Å²) in [5, 5.41) is 10.7. The molecule has 0 aliphatic carbocycles. The van der Waals surface area contributed by atoms with E-state index >= 15 is 0 Å². The summed E-state index contributed by atoms with van der Waals surface area (Å²) in [6, 6.07) is 0. The molecule has 8 nitrogen and oxygen atoms in total. The van der Waals surface area contributed by atoms with Crippen molar-refractivity contribution in [1.29, 1.82) is 0 Å². The number of carbonyl (C=O) groups is 2. The first kappa shape index (κ1) is 19.0. The fourth-order valence-electron chi connectivity index (χ4n) is 2.15. The number of hydrazine groups is 1. The average Bonchev–Trinajstić information content (AvgIpc) is 2.59. The van der Waals surface area contributed by atoms with Gasteiger partial charge in [0.2, 0.25) is 18.3 Å². The number of nitrogens with zero attached hydrogens (tertiary/aromatic N) is 4. The minimum Gasteiger partial charge on any atom is -0.286 e. The number of rotatable bonds is 10. The van der Waals surface area contributed by atoms with Crippen LogP contribution in [0.4, 0.5) is 5.95 Å². The van der Waals surface area contributed by atoms with Gasteiger partial charge in [0.25, 0.3) is 0 Å². The van der Waals surface area contributed by atoms with E-state index < -0.39 is 11.8 Å². The third-order valence-corrected chi connectivity index (χ3v) is 3.59. The third kappa shape index (κ3) is 5.91. The maximum Gasteiger partial charge on any atom is 0.248 e. The Hall–Kier alpha value is -2.06. The summed E-state index contributed by atoms with van der Waals surface area (Å²) in [7, 11) is 0. The first-order valence-electron chi connectivity index (χ1n) is 7.83. The van der Waals surface area contributed by atoms with E-state index in [9.17, 15) is 14.8 Å². The molecule has 0 aliphatic rings. The Labute approximate surface area is 136 Å². The molecule has 0 fully saturated rings. The number of amides is 2. The molecule has 8 heteroatoms. The molecule has 1 rings (SSSR count). The Bertz CT molecular complexity index is 494. The molecule has 2 amide bonds. The number of aryl methyl sites for hydroxylation is 1.